The fourth-order valence-corrected chi connectivity index (χ4v) is 1.10. The summed E-state index contributed by atoms with van der Waals surface area (Å²) in [5.41, 5.74) is -0.803. The Hall–Kier alpha value is -1.20. The van der Waals surface area contributed by atoms with Gasteiger partial charge in [0.1, 0.15) is 0 Å². The Bertz CT molecular complexity index is 248. The zero-order valence-corrected chi connectivity index (χ0v) is 8.96. The number of rotatable bonds is 4. The van der Waals surface area contributed by atoms with Crippen LogP contribution in [-0.2, 0) is 9.59 Å². The van der Waals surface area contributed by atoms with Gasteiger partial charge in [-0.3, -0.25) is 9.59 Å². The van der Waals surface area contributed by atoms with Gasteiger partial charge in [-0.25, -0.2) is 0 Å². The van der Waals surface area contributed by atoms with E-state index in [1.54, 1.807) is 20.8 Å². The molecule has 88 valence electrons. The van der Waals surface area contributed by atoms with Crippen molar-refractivity contribution in [3.05, 3.63) is 0 Å². The third-order valence-electron chi connectivity index (χ3n) is 1.81. The molecule has 0 atom stereocenters. The van der Waals surface area contributed by atoms with Crippen LogP contribution in [0, 0.1) is 0 Å². The molecule has 0 bridgehead atoms. The number of carbonyl (C=O) groups is 2. The summed E-state index contributed by atoms with van der Waals surface area (Å²) in [6, 6.07) is 0. The van der Waals surface area contributed by atoms with Crippen molar-refractivity contribution in [1.29, 1.82) is 0 Å². The Morgan fingerprint density at radius 1 is 1.33 bits per heavy atom. The standard InChI is InChI=1S/C9H15F2NO3/c1-9(2,3)12(5-4-6(13)14)8(15)7(10)11/h7H,4-5H2,1-3H3,(H,13,14). The molecule has 0 aliphatic rings. The van der Waals surface area contributed by atoms with Gasteiger partial charge in [0, 0.05) is 12.1 Å². The number of carbonyl (C=O) groups excluding carboxylic acids is 1. The van der Waals surface area contributed by atoms with E-state index < -0.39 is 23.8 Å². The molecule has 0 aromatic heterocycles. The van der Waals surface area contributed by atoms with Crippen LogP contribution in [0.4, 0.5) is 8.78 Å². The fourth-order valence-electron chi connectivity index (χ4n) is 1.10. The third-order valence-corrected chi connectivity index (χ3v) is 1.81. The highest BCUT2D eigenvalue weighted by Gasteiger charge is 2.31. The molecule has 0 aliphatic heterocycles. The number of nitrogens with zero attached hydrogens (tertiary/aromatic N) is 1. The molecule has 0 aromatic rings. The van der Waals surface area contributed by atoms with E-state index in [2.05, 4.69) is 0 Å². The molecule has 0 aromatic carbocycles. The van der Waals surface area contributed by atoms with E-state index in [0.717, 1.165) is 4.90 Å². The highest BCUT2D eigenvalue weighted by molar-refractivity contribution is 5.80. The number of carboxylic acids is 1. The number of hydrogen-bond acceptors (Lipinski definition) is 2. The van der Waals surface area contributed by atoms with Gasteiger partial charge in [0.05, 0.1) is 6.42 Å². The Labute approximate surface area is 86.9 Å². The van der Waals surface area contributed by atoms with Crippen LogP contribution >= 0.6 is 0 Å². The Morgan fingerprint density at radius 2 is 1.80 bits per heavy atom. The predicted molar refractivity (Wildman–Crippen MR) is 49.7 cm³/mol. The second-order valence-corrected chi connectivity index (χ2v) is 4.11. The van der Waals surface area contributed by atoms with Gasteiger partial charge in [-0.2, -0.15) is 8.78 Å². The summed E-state index contributed by atoms with van der Waals surface area (Å²) in [5, 5.41) is 8.42. The number of carboxylic acid groups (broad SMARTS) is 1. The van der Waals surface area contributed by atoms with Crippen LogP contribution in [0.25, 0.3) is 0 Å². The summed E-state index contributed by atoms with van der Waals surface area (Å²) < 4.78 is 24.4. The third kappa shape index (κ3) is 4.71. The molecule has 0 saturated carbocycles. The van der Waals surface area contributed by atoms with Crippen LogP contribution < -0.4 is 0 Å². The van der Waals surface area contributed by atoms with Crippen molar-refractivity contribution in [1.82, 2.24) is 4.90 Å². The van der Waals surface area contributed by atoms with Gasteiger partial charge in [-0.05, 0) is 20.8 Å². The van der Waals surface area contributed by atoms with Crippen molar-refractivity contribution < 1.29 is 23.5 Å². The fraction of sp³-hybridized carbons (Fsp3) is 0.778. The SMILES string of the molecule is CC(C)(C)N(CCC(=O)O)C(=O)C(F)F. The highest BCUT2D eigenvalue weighted by atomic mass is 19.3. The second-order valence-electron chi connectivity index (χ2n) is 4.11. The van der Waals surface area contributed by atoms with Gasteiger partial charge in [-0.1, -0.05) is 0 Å². The first-order valence-corrected chi connectivity index (χ1v) is 4.47. The van der Waals surface area contributed by atoms with Crippen molar-refractivity contribution in [2.45, 2.75) is 39.2 Å². The molecular formula is C9H15F2NO3. The number of hydrogen-bond donors (Lipinski definition) is 1. The summed E-state index contributed by atoms with van der Waals surface area (Å²) in [7, 11) is 0. The maximum atomic E-state index is 12.2. The van der Waals surface area contributed by atoms with E-state index in [9.17, 15) is 18.4 Å². The van der Waals surface area contributed by atoms with E-state index in [4.69, 9.17) is 5.11 Å². The van der Waals surface area contributed by atoms with E-state index in [1.165, 1.54) is 0 Å². The maximum Gasteiger partial charge on any atom is 0.315 e. The van der Waals surface area contributed by atoms with Crippen molar-refractivity contribution in [3.63, 3.8) is 0 Å². The molecule has 0 radical (unpaired) electrons. The first kappa shape index (κ1) is 13.8. The van der Waals surface area contributed by atoms with Gasteiger partial charge in [0.15, 0.2) is 0 Å². The van der Waals surface area contributed by atoms with Crippen LogP contribution in [-0.4, -0.2) is 40.4 Å². The molecule has 0 heterocycles. The van der Waals surface area contributed by atoms with Crippen LogP contribution in [0.15, 0.2) is 0 Å². The van der Waals surface area contributed by atoms with Crippen molar-refractivity contribution in [3.8, 4) is 0 Å². The van der Waals surface area contributed by atoms with Crippen molar-refractivity contribution >= 4 is 11.9 Å². The lowest BCUT2D eigenvalue weighted by Gasteiger charge is -2.35. The van der Waals surface area contributed by atoms with Crippen LogP contribution in [0.2, 0.25) is 0 Å². The van der Waals surface area contributed by atoms with Crippen LogP contribution in [0.1, 0.15) is 27.2 Å². The maximum absolute atomic E-state index is 12.2. The summed E-state index contributed by atoms with van der Waals surface area (Å²) in [5.74, 6) is -2.45. The van der Waals surface area contributed by atoms with E-state index in [-0.39, 0.29) is 13.0 Å². The molecule has 1 N–H and O–H groups in total. The summed E-state index contributed by atoms with van der Waals surface area (Å²) in [4.78, 5) is 22.3. The number of aliphatic carboxylic acids is 1. The Kier molecular flexibility index (Phi) is 4.64. The quantitative estimate of drug-likeness (QED) is 0.782. The second kappa shape index (κ2) is 5.04. The van der Waals surface area contributed by atoms with Gasteiger partial charge >= 0.3 is 12.4 Å². The highest BCUT2D eigenvalue weighted by Crippen LogP contribution is 2.16. The first-order chi connectivity index (χ1) is 6.66. The first-order valence-electron chi connectivity index (χ1n) is 4.47. The van der Waals surface area contributed by atoms with Crippen molar-refractivity contribution in [2.24, 2.45) is 0 Å². The molecule has 0 spiro atoms. The van der Waals surface area contributed by atoms with Gasteiger partial charge in [0.2, 0.25) is 0 Å². The Balaban J connectivity index is 4.60. The minimum Gasteiger partial charge on any atom is -0.481 e. The summed E-state index contributed by atoms with van der Waals surface area (Å²) in [6.45, 7) is 4.53. The topological polar surface area (TPSA) is 57.6 Å². The summed E-state index contributed by atoms with van der Waals surface area (Å²) in [6.07, 6.45) is -3.44. The smallest absolute Gasteiger partial charge is 0.315 e. The van der Waals surface area contributed by atoms with E-state index in [0.29, 0.717) is 0 Å². The molecule has 0 fully saturated rings. The predicted octanol–water partition coefficient (Wildman–Crippen LogP) is 1.35. The molecule has 4 nitrogen and oxygen atoms in total. The van der Waals surface area contributed by atoms with Crippen LogP contribution in [0.5, 0.6) is 0 Å². The normalized spacial score (nSPS) is 11.6. The van der Waals surface area contributed by atoms with Crippen LogP contribution in [0.3, 0.4) is 0 Å². The molecule has 0 unspecified atom stereocenters. The molecule has 6 heteroatoms. The molecule has 0 rings (SSSR count). The molecule has 1 amide bonds. The number of amides is 1. The van der Waals surface area contributed by atoms with E-state index >= 15 is 0 Å². The summed E-state index contributed by atoms with van der Waals surface area (Å²) >= 11 is 0. The van der Waals surface area contributed by atoms with Crippen molar-refractivity contribution in [2.75, 3.05) is 6.54 Å². The van der Waals surface area contributed by atoms with Gasteiger partial charge in [-0.15, -0.1) is 0 Å². The molecule has 0 saturated heterocycles. The number of halogens is 2. The lowest BCUT2D eigenvalue weighted by molar-refractivity contribution is -0.149. The van der Waals surface area contributed by atoms with Gasteiger partial charge < -0.3 is 10.0 Å². The average molecular weight is 223 g/mol. The molecular weight excluding hydrogens is 208 g/mol. The minimum absolute atomic E-state index is 0.206. The van der Waals surface area contributed by atoms with Gasteiger partial charge in [0.25, 0.3) is 5.91 Å². The lowest BCUT2D eigenvalue weighted by Crippen LogP contribution is -2.49. The van der Waals surface area contributed by atoms with E-state index in [1.807, 2.05) is 0 Å². The molecule has 0 aliphatic carbocycles. The Morgan fingerprint density at radius 3 is 2.07 bits per heavy atom. The number of alkyl halides is 2. The zero-order chi connectivity index (χ0) is 12.2. The lowest BCUT2D eigenvalue weighted by atomic mass is 10.1. The minimum atomic E-state index is -3.10. The monoisotopic (exact) mass is 223 g/mol. The molecule has 15 heavy (non-hydrogen) atoms. The average Bonchev–Trinajstić information content (AvgIpc) is 2.00. The zero-order valence-electron chi connectivity index (χ0n) is 8.96. The largest absolute Gasteiger partial charge is 0.481 e.